The van der Waals surface area contributed by atoms with Gasteiger partial charge in [0.15, 0.2) is 17.3 Å². The average molecular weight is 626 g/mol. The molecule has 1 atom stereocenters. The second-order valence-electron chi connectivity index (χ2n) is 10.5. The Kier molecular flexibility index (Phi) is 8.44. The molecule has 1 aliphatic heterocycles. The number of carbonyl (C=O) groups excluding carboxylic acids is 1. The fourth-order valence-electron chi connectivity index (χ4n) is 5.37. The summed E-state index contributed by atoms with van der Waals surface area (Å²) < 4.78 is 32.6. The quantitative estimate of drug-likeness (QED) is 0.172. The lowest BCUT2D eigenvalue weighted by atomic mass is 10.1. The highest BCUT2D eigenvalue weighted by Gasteiger charge is 2.31. The van der Waals surface area contributed by atoms with Gasteiger partial charge in [0.05, 0.1) is 27.4 Å². The number of nitrogen functional groups attached to an aromatic ring is 1. The van der Waals surface area contributed by atoms with E-state index >= 15 is 8.78 Å². The van der Waals surface area contributed by atoms with Gasteiger partial charge in [-0.25, -0.2) is 23.1 Å². The fraction of sp³-hybridized carbons (Fsp3) is 0.300. The Balaban J connectivity index is 1.86. The molecule has 1 aromatic carbocycles. The van der Waals surface area contributed by atoms with Crippen LogP contribution < -0.4 is 16.3 Å². The zero-order valence-electron chi connectivity index (χ0n) is 24.1. The van der Waals surface area contributed by atoms with Crippen molar-refractivity contribution >= 4 is 51.8 Å². The van der Waals surface area contributed by atoms with Crippen LogP contribution in [0.15, 0.2) is 52.8 Å². The van der Waals surface area contributed by atoms with E-state index in [0.29, 0.717) is 31.0 Å². The number of nitrogens with two attached hydrogens (primary N) is 1. The number of hydrogen-bond donors (Lipinski definition) is 1. The number of anilines is 2. The van der Waals surface area contributed by atoms with Gasteiger partial charge in [0.25, 0.3) is 0 Å². The van der Waals surface area contributed by atoms with Gasteiger partial charge in [-0.15, -0.1) is 11.8 Å². The molecular formula is C30H30ClF2N7O2S. The van der Waals surface area contributed by atoms with Gasteiger partial charge < -0.3 is 15.5 Å². The van der Waals surface area contributed by atoms with Crippen LogP contribution in [0, 0.1) is 11.6 Å². The van der Waals surface area contributed by atoms with Gasteiger partial charge in [0.1, 0.15) is 11.5 Å². The maximum Gasteiger partial charge on any atom is 0.355 e. The molecule has 1 saturated heterocycles. The third kappa shape index (κ3) is 5.33. The van der Waals surface area contributed by atoms with Crippen LogP contribution in [0.1, 0.15) is 32.4 Å². The van der Waals surface area contributed by atoms with E-state index in [0.717, 1.165) is 4.90 Å². The number of hydrogen-bond acceptors (Lipinski definition) is 8. The molecule has 4 heterocycles. The zero-order valence-corrected chi connectivity index (χ0v) is 25.6. The summed E-state index contributed by atoms with van der Waals surface area (Å²) in [7, 11) is 0. The van der Waals surface area contributed by atoms with E-state index in [1.807, 2.05) is 31.9 Å². The first-order chi connectivity index (χ1) is 20.5. The standard InChI is InChI=1S/C30H30ClF2N7O2S/c1-6-22(41)38-11-12-39(16(4)14-38)28-17-13-19(32)26(23-20(34)8-7-18(31)24(23)33)36-29(17)40(30(42)37-28)27-21(43-5)9-10-35-25(27)15(2)3/h6-10,13,15-16H,1,11-12,14,34H2,2-5H3. The third-order valence-electron chi connectivity index (χ3n) is 7.46. The first-order valence-corrected chi connectivity index (χ1v) is 15.2. The first-order valence-electron chi connectivity index (χ1n) is 13.6. The summed E-state index contributed by atoms with van der Waals surface area (Å²) in [5.41, 5.74) is 5.75. The van der Waals surface area contributed by atoms with Crippen LogP contribution in [0.2, 0.25) is 5.02 Å². The molecule has 0 aliphatic carbocycles. The van der Waals surface area contributed by atoms with Crippen LogP contribution in [-0.4, -0.2) is 62.3 Å². The van der Waals surface area contributed by atoms with Crippen LogP contribution in [0.25, 0.3) is 28.0 Å². The minimum Gasteiger partial charge on any atom is -0.398 e. The molecule has 43 heavy (non-hydrogen) atoms. The van der Waals surface area contributed by atoms with Crippen LogP contribution in [0.3, 0.4) is 0 Å². The SMILES string of the molecule is C=CC(=O)N1CCN(c2nc(=O)n(-c3c(SC)ccnc3C(C)C)c3nc(-c4c(N)ccc(Cl)c4F)c(F)cc23)C(C)C1. The number of halogens is 3. The van der Waals surface area contributed by atoms with Crippen molar-refractivity contribution in [2.75, 3.05) is 36.5 Å². The molecule has 2 N–H and O–H groups in total. The molecule has 3 aromatic heterocycles. The summed E-state index contributed by atoms with van der Waals surface area (Å²) in [5, 5.41) is -0.0269. The Morgan fingerprint density at radius 3 is 2.63 bits per heavy atom. The van der Waals surface area contributed by atoms with Crippen molar-refractivity contribution in [1.82, 2.24) is 24.4 Å². The van der Waals surface area contributed by atoms with Crippen molar-refractivity contribution in [3.63, 3.8) is 0 Å². The third-order valence-corrected chi connectivity index (χ3v) is 8.52. The molecule has 0 bridgehead atoms. The van der Waals surface area contributed by atoms with Gasteiger partial charge in [-0.2, -0.15) is 4.98 Å². The van der Waals surface area contributed by atoms with Crippen LogP contribution >= 0.6 is 23.4 Å². The molecule has 0 radical (unpaired) electrons. The summed E-state index contributed by atoms with van der Waals surface area (Å²) in [4.78, 5) is 44.1. The summed E-state index contributed by atoms with van der Waals surface area (Å²) in [6.45, 7) is 10.3. The average Bonchev–Trinajstić information content (AvgIpc) is 2.98. The van der Waals surface area contributed by atoms with Gasteiger partial charge in [-0.1, -0.05) is 32.0 Å². The van der Waals surface area contributed by atoms with Crippen LogP contribution in [0.5, 0.6) is 0 Å². The Labute approximate surface area is 256 Å². The number of aromatic nitrogens is 4. The van der Waals surface area contributed by atoms with E-state index in [2.05, 4.69) is 21.5 Å². The molecule has 9 nitrogen and oxygen atoms in total. The van der Waals surface area contributed by atoms with Crippen molar-refractivity contribution in [3.8, 4) is 16.9 Å². The first kappa shape index (κ1) is 30.4. The fourth-order valence-corrected chi connectivity index (χ4v) is 6.12. The van der Waals surface area contributed by atoms with Gasteiger partial charge in [-0.05, 0) is 49.4 Å². The number of fused-ring (bicyclic) bond motifs is 1. The largest absolute Gasteiger partial charge is 0.398 e. The lowest BCUT2D eigenvalue weighted by Gasteiger charge is -2.40. The van der Waals surface area contributed by atoms with E-state index in [9.17, 15) is 9.59 Å². The Morgan fingerprint density at radius 2 is 1.98 bits per heavy atom. The monoisotopic (exact) mass is 625 g/mol. The topological polar surface area (TPSA) is 110 Å². The lowest BCUT2D eigenvalue weighted by Crippen LogP contribution is -2.54. The summed E-state index contributed by atoms with van der Waals surface area (Å²) in [6, 6.07) is 5.33. The van der Waals surface area contributed by atoms with Crippen LogP contribution in [0.4, 0.5) is 20.3 Å². The van der Waals surface area contributed by atoms with E-state index in [1.54, 1.807) is 17.2 Å². The van der Waals surface area contributed by atoms with Crippen molar-refractivity contribution in [2.45, 2.75) is 37.6 Å². The maximum atomic E-state index is 16.0. The predicted octanol–water partition coefficient (Wildman–Crippen LogP) is 5.42. The zero-order chi connectivity index (χ0) is 31.2. The number of thioether (sulfide) groups is 1. The highest BCUT2D eigenvalue weighted by Crippen LogP contribution is 2.38. The molecule has 1 fully saturated rings. The predicted molar refractivity (Wildman–Crippen MR) is 167 cm³/mol. The summed E-state index contributed by atoms with van der Waals surface area (Å²) in [5.74, 6) is -1.91. The lowest BCUT2D eigenvalue weighted by molar-refractivity contribution is -0.126. The molecular weight excluding hydrogens is 596 g/mol. The molecule has 0 saturated carbocycles. The maximum absolute atomic E-state index is 16.0. The summed E-state index contributed by atoms with van der Waals surface area (Å²) >= 11 is 7.45. The minimum atomic E-state index is -0.929. The summed E-state index contributed by atoms with van der Waals surface area (Å²) in [6.07, 6.45) is 4.78. The van der Waals surface area contributed by atoms with Crippen molar-refractivity contribution in [1.29, 1.82) is 0 Å². The van der Waals surface area contributed by atoms with E-state index in [4.69, 9.17) is 17.3 Å². The van der Waals surface area contributed by atoms with Crippen molar-refractivity contribution in [3.05, 3.63) is 76.0 Å². The Morgan fingerprint density at radius 1 is 1.23 bits per heavy atom. The number of carbonyl (C=O) groups is 1. The molecule has 13 heteroatoms. The molecule has 5 rings (SSSR count). The van der Waals surface area contributed by atoms with Crippen molar-refractivity contribution in [2.24, 2.45) is 0 Å². The Bertz CT molecular complexity index is 1830. The number of amides is 1. The van der Waals surface area contributed by atoms with E-state index in [-0.39, 0.29) is 51.0 Å². The van der Waals surface area contributed by atoms with E-state index < -0.39 is 23.0 Å². The van der Waals surface area contributed by atoms with Gasteiger partial charge >= 0.3 is 5.69 Å². The number of nitrogens with zero attached hydrogens (tertiary/aromatic N) is 6. The van der Waals surface area contributed by atoms with Gasteiger partial charge in [0.2, 0.25) is 5.91 Å². The molecule has 4 aromatic rings. The van der Waals surface area contributed by atoms with Gasteiger partial charge in [-0.3, -0.25) is 9.78 Å². The number of piperazine rings is 1. The minimum absolute atomic E-state index is 0.0483. The van der Waals surface area contributed by atoms with E-state index in [1.165, 1.54) is 40.6 Å². The number of benzene rings is 1. The second kappa shape index (κ2) is 11.9. The molecule has 1 amide bonds. The van der Waals surface area contributed by atoms with Crippen LogP contribution in [-0.2, 0) is 4.79 Å². The smallest absolute Gasteiger partial charge is 0.355 e. The highest BCUT2D eigenvalue weighted by atomic mass is 35.5. The molecule has 1 aliphatic rings. The van der Waals surface area contributed by atoms with Crippen molar-refractivity contribution < 1.29 is 13.6 Å². The molecule has 224 valence electrons. The number of pyridine rings is 2. The molecule has 0 spiro atoms. The number of rotatable bonds is 6. The second-order valence-corrected chi connectivity index (χ2v) is 11.8. The Hall–Kier alpha value is -4.03. The normalized spacial score (nSPS) is 15.4. The highest BCUT2D eigenvalue weighted by molar-refractivity contribution is 7.98. The molecule has 1 unspecified atom stereocenters. The van der Waals surface area contributed by atoms with Gasteiger partial charge in [0, 0.05) is 42.5 Å².